The van der Waals surface area contributed by atoms with E-state index in [0.29, 0.717) is 6.04 Å². The van der Waals surface area contributed by atoms with E-state index in [1.807, 2.05) is 0 Å². The molecule has 0 aromatic heterocycles. The molecule has 2 saturated heterocycles. The first-order chi connectivity index (χ1) is 7.77. The minimum Gasteiger partial charge on any atom is -0.481 e. The first-order valence-electron chi connectivity index (χ1n) is 6.45. The van der Waals surface area contributed by atoms with Gasteiger partial charge < -0.3 is 15.3 Å². The van der Waals surface area contributed by atoms with Crippen LogP contribution in [-0.4, -0.2) is 48.2 Å². The van der Waals surface area contributed by atoms with Crippen molar-refractivity contribution in [2.24, 2.45) is 5.92 Å². The predicted molar refractivity (Wildman–Crippen MR) is 62.4 cm³/mol. The van der Waals surface area contributed by atoms with Crippen LogP contribution in [0.25, 0.3) is 0 Å². The Balaban J connectivity index is 1.85. The van der Waals surface area contributed by atoms with E-state index in [0.717, 1.165) is 45.4 Å². The van der Waals surface area contributed by atoms with Crippen LogP contribution in [0.2, 0.25) is 0 Å². The van der Waals surface area contributed by atoms with Gasteiger partial charge in [0.25, 0.3) is 0 Å². The highest BCUT2D eigenvalue weighted by atomic mass is 16.4. The Morgan fingerprint density at radius 2 is 1.88 bits per heavy atom. The first-order valence-corrected chi connectivity index (χ1v) is 6.45. The van der Waals surface area contributed by atoms with E-state index in [2.05, 4.69) is 10.2 Å². The molecule has 2 rings (SSSR count). The lowest BCUT2D eigenvalue weighted by molar-refractivity contribution is -0.142. The second-order valence-corrected chi connectivity index (χ2v) is 4.98. The summed E-state index contributed by atoms with van der Waals surface area (Å²) < 4.78 is 0. The predicted octanol–water partition coefficient (Wildman–Crippen LogP) is 0.925. The van der Waals surface area contributed by atoms with Gasteiger partial charge in [0.2, 0.25) is 0 Å². The van der Waals surface area contributed by atoms with Crippen molar-refractivity contribution in [1.29, 1.82) is 0 Å². The van der Waals surface area contributed by atoms with Gasteiger partial charge in [-0.25, -0.2) is 0 Å². The zero-order valence-electron chi connectivity index (χ0n) is 9.82. The van der Waals surface area contributed by atoms with Crippen LogP contribution < -0.4 is 5.32 Å². The molecule has 0 radical (unpaired) electrons. The van der Waals surface area contributed by atoms with Crippen molar-refractivity contribution in [2.45, 2.75) is 38.1 Å². The quantitative estimate of drug-likeness (QED) is 0.735. The number of carbonyl (C=O) groups is 1. The molecule has 4 nitrogen and oxygen atoms in total. The number of carboxylic acid groups (broad SMARTS) is 1. The fourth-order valence-corrected chi connectivity index (χ4v) is 2.90. The van der Waals surface area contributed by atoms with Crippen molar-refractivity contribution in [1.82, 2.24) is 10.2 Å². The van der Waals surface area contributed by atoms with Crippen molar-refractivity contribution in [3.8, 4) is 0 Å². The van der Waals surface area contributed by atoms with Gasteiger partial charge in [-0.15, -0.1) is 0 Å². The summed E-state index contributed by atoms with van der Waals surface area (Å²) in [6.45, 7) is 4.29. The maximum Gasteiger partial charge on any atom is 0.306 e. The molecule has 2 aliphatic rings. The maximum absolute atomic E-state index is 11.0. The molecule has 0 spiro atoms. The molecule has 2 aliphatic heterocycles. The van der Waals surface area contributed by atoms with Gasteiger partial charge in [-0.3, -0.25) is 4.79 Å². The van der Waals surface area contributed by atoms with Gasteiger partial charge in [0.05, 0.1) is 5.92 Å². The molecular weight excluding hydrogens is 204 g/mol. The van der Waals surface area contributed by atoms with Crippen molar-refractivity contribution >= 4 is 5.97 Å². The molecule has 0 saturated carbocycles. The van der Waals surface area contributed by atoms with E-state index < -0.39 is 5.97 Å². The Morgan fingerprint density at radius 3 is 2.56 bits per heavy atom. The van der Waals surface area contributed by atoms with Gasteiger partial charge in [-0.2, -0.15) is 0 Å². The molecule has 0 aromatic carbocycles. The van der Waals surface area contributed by atoms with Crippen LogP contribution in [0.15, 0.2) is 0 Å². The molecule has 0 aromatic rings. The number of hydrogen-bond acceptors (Lipinski definition) is 3. The lowest BCUT2D eigenvalue weighted by atomic mass is 10.0. The van der Waals surface area contributed by atoms with E-state index in [9.17, 15) is 4.79 Å². The first kappa shape index (κ1) is 11.9. The SMILES string of the molecule is O=C(O)C1CCCN(C2CCNCC2)CC1. The lowest BCUT2D eigenvalue weighted by Gasteiger charge is -2.33. The molecule has 92 valence electrons. The Labute approximate surface area is 97.0 Å². The molecule has 4 heteroatoms. The summed E-state index contributed by atoms with van der Waals surface area (Å²) in [7, 11) is 0. The third kappa shape index (κ3) is 2.95. The molecule has 0 aliphatic carbocycles. The highest BCUT2D eigenvalue weighted by Gasteiger charge is 2.26. The van der Waals surface area contributed by atoms with Gasteiger partial charge in [0.1, 0.15) is 0 Å². The Bertz CT molecular complexity index is 239. The third-order valence-electron chi connectivity index (χ3n) is 3.94. The summed E-state index contributed by atoms with van der Waals surface area (Å²) in [6.07, 6.45) is 5.17. The number of aliphatic carboxylic acids is 1. The Kier molecular flexibility index (Phi) is 4.18. The highest BCUT2D eigenvalue weighted by Crippen LogP contribution is 2.21. The van der Waals surface area contributed by atoms with Crippen LogP contribution in [0.5, 0.6) is 0 Å². The largest absolute Gasteiger partial charge is 0.481 e. The van der Waals surface area contributed by atoms with Crippen molar-refractivity contribution in [2.75, 3.05) is 26.2 Å². The number of carboxylic acids is 1. The van der Waals surface area contributed by atoms with Crippen LogP contribution in [0.4, 0.5) is 0 Å². The van der Waals surface area contributed by atoms with Crippen LogP contribution in [0.3, 0.4) is 0 Å². The summed E-state index contributed by atoms with van der Waals surface area (Å²) >= 11 is 0. The number of piperidine rings is 1. The van der Waals surface area contributed by atoms with Crippen molar-refractivity contribution < 1.29 is 9.90 Å². The average molecular weight is 226 g/mol. The molecule has 1 unspecified atom stereocenters. The second kappa shape index (κ2) is 5.64. The van der Waals surface area contributed by atoms with Gasteiger partial charge in [-0.1, -0.05) is 0 Å². The van der Waals surface area contributed by atoms with E-state index in [1.165, 1.54) is 12.8 Å². The number of nitrogens with zero attached hydrogens (tertiary/aromatic N) is 1. The monoisotopic (exact) mass is 226 g/mol. The smallest absolute Gasteiger partial charge is 0.306 e. The summed E-state index contributed by atoms with van der Waals surface area (Å²) in [4.78, 5) is 13.5. The van der Waals surface area contributed by atoms with Gasteiger partial charge in [0, 0.05) is 6.04 Å². The number of hydrogen-bond donors (Lipinski definition) is 2. The fourth-order valence-electron chi connectivity index (χ4n) is 2.90. The van der Waals surface area contributed by atoms with Crippen molar-refractivity contribution in [3.05, 3.63) is 0 Å². The van der Waals surface area contributed by atoms with E-state index in [-0.39, 0.29) is 5.92 Å². The lowest BCUT2D eigenvalue weighted by Crippen LogP contribution is -2.43. The molecule has 2 heterocycles. The zero-order chi connectivity index (χ0) is 11.4. The minimum atomic E-state index is -0.604. The summed E-state index contributed by atoms with van der Waals surface area (Å²) in [5.74, 6) is -0.709. The maximum atomic E-state index is 11.0. The normalized spacial score (nSPS) is 29.9. The zero-order valence-corrected chi connectivity index (χ0v) is 9.82. The van der Waals surface area contributed by atoms with E-state index in [4.69, 9.17) is 5.11 Å². The van der Waals surface area contributed by atoms with Gasteiger partial charge in [0.15, 0.2) is 0 Å². The molecule has 0 amide bonds. The fraction of sp³-hybridized carbons (Fsp3) is 0.917. The molecule has 2 fully saturated rings. The van der Waals surface area contributed by atoms with Crippen LogP contribution in [0.1, 0.15) is 32.1 Å². The minimum absolute atomic E-state index is 0.105. The number of rotatable bonds is 2. The topological polar surface area (TPSA) is 52.6 Å². The summed E-state index contributed by atoms with van der Waals surface area (Å²) in [6, 6.07) is 0.689. The number of likely N-dealkylation sites (tertiary alicyclic amines) is 1. The van der Waals surface area contributed by atoms with Crippen LogP contribution in [0, 0.1) is 5.92 Å². The highest BCUT2D eigenvalue weighted by molar-refractivity contribution is 5.69. The Morgan fingerprint density at radius 1 is 1.12 bits per heavy atom. The standard InChI is InChI=1S/C12H22N2O2/c15-12(16)10-2-1-8-14(9-5-10)11-3-6-13-7-4-11/h10-11,13H,1-9H2,(H,15,16). The third-order valence-corrected chi connectivity index (χ3v) is 3.94. The molecule has 0 bridgehead atoms. The van der Waals surface area contributed by atoms with Gasteiger partial charge in [-0.05, 0) is 58.3 Å². The Hall–Kier alpha value is -0.610. The van der Waals surface area contributed by atoms with Crippen molar-refractivity contribution in [3.63, 3.8) is 0 Å². The summed E-state index contributed by atoms with van der Waals surface area (Å²) in [5, 5.41) is 12.4. The summed E-state index contributed by atoms with van der Waals surface area (Å²) in [5.41, 5.74) is 0. The van der Waals surface area contributed by atoms with Gasteiger partial charge >= 0.3 is 5.97 Å². The van der Waals surface area contributed by atoms with E-state index in [1.54, 1.807) is 0 Å². The molecular formula is C12H22N2O2. The van der Waals surface area contributed by atoms with Crippen LogP contribution >= 0.6 is 0 Å². The number of nitrogens with one attached hydrogen (secondary N) is 1. The second-order valence-electron chi connectivity index (χ2n) is 4.98. The molecule has 2 N–H and O–H groups in total. The molecule has 16 heavy (non-hydrogen) atoms. The van der Waals surface area contributed by atoms with E-state index >= 15 is 0 Å². The van der Waals surface area contributed by atoms with Crippen LogP contribution in [-0.2, 0) is 4.79 Å². The molecule has 1 atom stereocenters. The average Bonchev–Trinajstić information content (AvgIpc) is 2.55.